The van der Waals surface area contributed by atoms with E-state index in [1.165, 1.54) is 13.2 Å². The van der Waals surface area contributed by atoms with Crippen molar-refractivity contribution in [3.05, 3.63) is 100 Å². The van der Waals surface area contributed by atoms with Crippen LogP contribution in [0.5, 0.6) is 5.75 Å². The zero-order valence-corrected chi connectivity index (χ0v) is 24.1. The summed E-state index contributed by atoms with van der Waals surface area (Å²) in [5, 5.41) is 20.6. The smallest absolute Gasteiger partial charge is 0.310 e. The minimum atomic E-state index is -0.492. The largest absolute Gasteiger partial charge is 0.490 e. The molecule has 3 N–H and O–H groups in total. The molecule has 2 amide bonds. The SMILES string of the molecule is COc1cc(-c2ccc3c(c2)Nc2ccc(CCC(=O)Nc4ccc(N5CCOCC5)cc4)cc2NC3=O)ccc1[N+](=O)[O-]. The van der Waals surface area contributed by atoms with E-state index in [9.17, 15) is 19.7 Å². The van der Waals surface area contributed by atoms with Gasteiger partial charge in [0.05, 0.1) is 47.9 Å². The minimum Gasteiger partial charge on any atom is -0.490 e. The van der Waals surface area contributed by atoms with Crippen LogP contribution in [-0.4, -0.2) is 50.2 Å². The fourth-order valence-electron chi connectivity index (χ4n) is 5.39. The van der Waals surface area contributed by atoms with Crippen molar-refractivity contribution >= 4 is 45.9 Å². The molecule has 224 valence electrons. The Morgan fingerprint density at radius 3 is 2.43 bits per heavy atom. The average Bonchev–Trinajstić information content (AvgIpc) is 3.18. The number of rotatable bonds is 8. The van der Waals surface area contributed by atoms with Gasteiger partial charge in [-0.1, -0.05) is 12.1 Å². The predicted octanol–water partition coefficient (Wildman–Crippen LogP) is 5.99. The van der Waals surface area contributed by atoms with Gasteiger partial charge in [0.25, 0.3) is 5.91 Å². The third-order valence-electron chi connectivity index (χ3n) is 7.74. The molecule has 0 unspecified atom stereocenters. The van der Waals surface area contributed by atoms with Gasteiger partial charge in [0.15, 0.2) is 5.75 Å². The topological polar surface area (TPSA) is 135 Å². The Morgan fingerprint density at radius 1 is 0.932 bits per heavy atom. The quantitative estimate of drug-likeness (QED) is 0.168. The fraction of sp³-hybridized carbons (Fsp3) is 0.212. The molecule has 0 bridgehead atoms. The zero-order valence-electron chi connectivity index (χ0n) is 24.1. The lowest BCUT2D eigenvalue weighted by Crippen LogP contribution is -2.36. The van der Waals surface area contributed by atoms with E-state index in [-0.39, 0.29) is 29.7 Å². The summed E-state index contributed by atoms with van der Waals surface area (Å²) in [6, 6.07) is 23.5. The molecule has 4 aromatic carbocycles. The number of nitro benzene ring substituents is 1. The normalized spacial score (nSPS) is 13.9. The van der Waals surface area contributed by atoms with E-state index in [1.807, 2.05) is 48.5 Å². The lowest BCUT2D eigenvalue weighted by molar-refractivity contribution is -0.385. The second kappa shape index (κ2) is 12.4. The van der Waals surface area contributed by atoms with E-state index in [0.29, 0.717) is 34.6 Å². The first-order valence-electron chi connectivity index (χ1n) is 14.3. The lowest BCUT2D eigenvalue weighted by atomic mass is 10.0. The van der Waals surface area contributed by atoms with Crippen LogP contribution in [0.2, 0.25) is 0 Å². The van der Waals surface area contributed by atoms with Gasteiger partial charge in [0.2, 0.25) is 5.91 Å². The maximum absolute atomic E-state index is 13.1. The molecule has 2 aliphatic rings. The van der Waals surface area contributed by atoms with Gasteiger partial charge in [0, 0.05) is 37.0 Å². The summed E-state index contributed by atoms with van der Waals surface area (Å²) in [5.74, 6) is -0.208. The number of fused-ring (bicyclic) bond motifs is 2. The highest BCUT2D eigenvalue weighted by Crippen LogP contribution is 2.37. The van der Waals surface area contributed by atoms with Crippen LogP contribution in [0.3, 0.4) is 0 Å². The highest BCUT2D eigenvalue weighted by molar-refractivity contribution is 6.12. The molecule has 1 saturated heterocycles. The average molecular weight is 594 g/mol. The number of nitrogens with zero attached hydrogens (tertiary/aromatic N) is 2. The Kier molecular flexibility index (Phi) is 8.11. The first kappa shape index (κ1) is 28.7. The van der Waals surface area contributed by atoms with Gasteiger partial charge in [0.1, 0.15) is 0 Å². The van der Waals surface area contributed by atoms with E-state index in [1.54, 1.807) is 24.3 Å². The van der Waals surface area contributed by atoms with Crippen molar-refractivity contribution in [2.75, 3.05) is 54.3 Å². The lowest BCUT2D eigenvalue weighted by Gasteiger charge is -2.28. The number of ether oxygens (including phenoxy) is 2. The van der Waals surface area contributed by atoms with Crippen LogP contribution in [0.4, 0.5) is 34.1 Å². The Labute approximate surface area is 253 Å². The van der Waals surface area contributed by atoms with Crippen molar-refractivity contribution in [2.24, 2.45) is 0 Å². The van der Waals surface area contributed by atoms with Gasteiger partial charge in [-0.2, -0.15) is 0 Å². The molecular formula is C33H31N5O6. The van der Waals surface area contributed by atoms with E-state index < -0.39 is 4.92 Å². The number of hydrogen-bond donors (Lipinski definition) is 3. The molecule has 2 heterocycles. The van der Waals surface area contributed by atoms with Crippen LogP contribution in [-0.2, 0) is 16.0 Å². The third-order valence-corrected chi connectivity index (χ3v) is 7.74. The second-order valence-electron chi connectivity index (χ2n) is 10.6. The van der Waals surface area contributed by atoms with Crippen molar-refractivity contribution in [1.29, 1.82) is 0 Å². The minimum absolute atomic E-state index is 0.0935. The van der Waals surface area contributed by atoms with Crippen molar-refractivity contribution in [3.8, 4) is 16.9 Å². The van der Waals surface area contributed by atoms with E-state index in [0.717, 1.165) is 48.8 Å². The molecule has 2 aliphatic heterocycles. The van der Waals surface area contributed by atoms with Crippen LogP contribution in [0.15, 0.2) is 78.9 Å². The van der Waals surface area contributed by atoms with Crippen LogP contribution in [0, 0.1) is 10.1 Å². The number of anilines is 5. The Morgan fingerprint density at radius 2 is 1.68 bits per heavy atom. The second-order valence-corrected chi connectivity index (χ2v) is 10.6. The standard InChI is InChI=1S/C33H31N5O6/c1-43-31-20-23(5-12-30(31)38(41)42)22-4-10-26-28(19-22)35-27-11-2-21(18-29(27)36-33(26)40)3-13-32(39)34-24-6-8-25(9-7-24)37-14-16-44-17-15-37/h2,4-12,18-20,35H,3,13-17H2,1H3,(H,34,39)(H,36,40). The highest BCUT2D eigenvalue weighted by Gasteiger charge is 2.21. The first-order chi connectivity index (χ1) is 21.4. The van der Waals surface area contributed by atoms with Gasteiger partial charge in [-0.3, -0.25) is 19.7 Å². The first-order valence-corrected chi connectivity index (χ1v) is 14.3. The predicted molar refractivity (Wildman–Crippen MR) is 169 cm³/mol. The van der Waals surface area contributed by atoms with Crippen molar-refractivity contribution in [3.63, 3.8) is 0 Å². The molecule has 4 aromatic rings. The van der Waals surface area contributed by atoms with E-state index in [4.69, 9.17) is 9.47 Å². The number of nitrogens with one attached hydrogen (secondary N) is 3. The number of hydrogen-bond acceptors (Lipinski definition) is 8. The van der Waals surface area contributed by atoms with Gasteiger partial charge in [-0.05, 0) is 83.8 Å². The molecule has 44 heavy (non-hydrogen) atoms. The monoisotopic (exact) mass is 593 g/mol. The summed E-state index contributed by atoms with van der Waals surface area (Å²) < 4.78 is 10.6. The molecule has 0 aliphatic carbocycles. The van der Waals surface area contributed by atoms with Gasteiger partial charge >= 0.3 is 5.69 Å². The van der Waals surface area contributed by atoms with Crippen LogP contribution in [0.1, 0.15) is 22.3 Å². The van der Waals surface area contributed by atoms with Crippen LogP contribution >= 0.6 is 0 Å². The molecular weight excluding hydrogens is 562 g/mol. The van der Waals surface area contributed by atoms with Crippen molar-refractivity contribution in [2.45, 2.75) is 12.8 Å². The molecule has 1 fully saturated rings. The molecule has 0 radical (unpaired) electrons. The zero-order chi connectivity index (χ0) is 30.6. The van der Waals surface area contributed by atoms with Crippen molar-refractivity contribution < 1.29 is 24.0 Å². The van der Waals surface area contributed by atoms with E-state index >= 15 is 0 Å². The molecule has 11 heteroatoms. The summed E-state index contributed by atoms with van der Waals surface area (Å²) >= 11 is 0. The number of amides is 2. The fourth-order valence-corrected chi connectivity index (χ4v) is 5.39. The van der Waals surface area contributed by atoms with Crippen LogP contribution < -0.4 is 25.6 Å². The van der Waals surface area contributed by atoms with Crippen molar-refractivity contribution in [1.82, 2.24) is 0 Å². The van der Waals surface area contributed by atoms with Gasteiger partial charge in [-0.15, -0.1) is 0 Å². The number of benzene rings is 4. The number of aryl methyl sites for hydroxylation is 1. The van der Waals surface area contributed by atoms with E-state index in [2.05, 4.69) is 20.9 Å². The molecule has 0 saturated carbocycles. The molecule has 6 rings (SSSR count). The number of carbonyl (C=O) groups excluding carboxylic acids is 2. The summed E-state index contributed by atoms with van der Waals surface area (Å²) in [6.45, 7) is 3.14. The number of carbonyl (C=O) groups is 2. The molecule has 0 atom stereocenters. The molecule has 0 aromatic heterocycles. The van der Waals surface area contributed by atoms with Crippen LogP contribution in [0.25, 0.3) is 11.1 Å². The molecule has 0 spiro atoms. The maximum Gasteiger partial charge on any atom is 0.310 e. The maximum atomic E-state index is 13.1. The summed E-state index contributed by atoms with van der Waals surface area (Å²) in [4.78, 5) is 38.9. The third kappa shape index (κ3) is 6.18. The highest BCUT2D eigenvalue weighted by atomic mass is 16.6. The Hall–Kier alpha value is -5.42. The van der Waals surface area contributed by atoms with Gasteiger partial charge < -0.3 is 30.3 Å². The number of nitro groups is 1. The van der Waals surface area contributed by atoms with Gasteiger partial charge in [-0.25, -0.2) is 0 Å². The number of morpholine rings is 1. The Balaban J connectivity index is 1.12. The summed E-state index contributed by atoms with van der Waals surface area (Å²) in [6.07, 6.45) is 0.785. The summed E-state index contributed by atoms with van der Waals surface area (Å²) in [5.41, 5.74) is 6.50. The summed E-state index contributed by atoms with van der Waals surface area (Å²) in [7, 11) is 1.39. The number of methoxy groups -OCH3 is 1. The molecule has 11 nitrogen and oxygen atoms in total. The Bertz CT molecular complexity index is 1730.